The highest BCUT2D eigenvalue weighted by Crippen LogP contribution is 2.24. The summed E-state index contributed by atoms with van der Waals surface area (Å²) in [6.07, 6.45) is 3.50. The first-order chi connectivity index (χ1) is 8.70. The van der Waals surface area contributed by atoms with Crippen molar-refractivity contribution in [3.63, 3.8) is 0 Å². The van der Waals surface area contributed by atoms with E-state index in [1.807, 2.05) is 6.92 Å². The van der Waals surface area contributed by atoms with Crippen molar-refractivity contribution >= 4 is 21.6 Å². The van der Waals surface area contributed by atoms with Crippen LogP contribution < -0.4 is 5.32 Å². The average Bonchev–Trinajstić information content (AvgIpc) is 2.28. The molecule has 1 aromatic rings. The Morgan fingerprint density at radius 1 is 1.53 bits per heavy atom. The largest absolute Gasteiger partial charge is 0.480 e. The zero-order chi connectivity index (χ0) is 14.7. The van der Waals surface area contributed by atoms with Crippen LogP contribution in [0.3, 0.4) is 0 Å². The number of hydrogen-bond acceptors (Lipinski definition) is 5. The molecule has 0 aliphatic rings. The highest BCUT2D eigenvalue weighted by Gasteiger charge is 2.33. The summed E-state index contributed by atoms with van der Waals surface area (Å²) in [5.74, 6) is -0.970. The molecule has 0 aliphatic heterocycles. The van der Waals surface area contributed by atoms with E-state index in [1.54, 1.807) is 0 Å². The van der Waals surface area contributed by atoms with Crippen LogP contribution in [0, 0.1) is 0 Å². The molecule has 0 aliphatic carbocycles. The van der Waals surface area contributed by atoms with Crippen molar-refractivity contribution in [2.75, 3.05) is 11.6 Å². The third-order valence-corrected chi connectivity index (χ3v) is 3.91. The Labute approximate surface area is 112 Å². The van der Waals surface area contributed by atoms with Gasteiger partial charge in [-0.1, -0.05) is 13.3 Å². The normalized spacial score (nSPS) is 14.7. The number of carbonyl (C=O) groups is 1. The molecule has 0 saturated carbocycles. The molecule has 0 radical (unpaired) electrons. The van der Waals surface area contributed by atoms with Crippen molar-refractivity contribution in [3.8, 4) is 0 Å². The lowest BCUT2D eigenvalue weighted by Gasteiger charge is -2.27. The van der Waals surface area contributed by atoms with E-state index in [4.69, 9.17) is 0 Å². The van der Waals surface area contributed by atoms with E-state index < -0.39 is 21.3 Å². The van der Waals surface area contributed by atoms with Crippen molar-refractivity contribution in [3.05, 3.63) is 18.3 Å². The van der Waals surface area contributed by atoms with Crippen LogP contribution in [-0.2, 0) is 14.6 Å². The summed E-state index contributed by atoms with van der Waals surface area (Å²) >= 11 is 0. The lowest BCUT2D eigenvalue weighted by molar-refractivity contribution is -0.142. The van der Waals surface area contributed by atoms with Crippen molar-refractivity contribution in [2.45, 2.75) is 37.1 Å². The van der Waals surface area contributed by atoms with Crippen LogP contribution in [0.4, 0.5) is 5.82 Å². The van der Waals surface area contributed by atoms with Crippen LogP contribution in [0.2, 0.25) is 0 Å². The van der Waals surface area contributed by atoms with Crippen LogP contribution in [-0.4, -0.2) is 36.3 Å². The van der Waals surface area contributed by atoms with Gasteiger partial charge in [0.15, 0.2) is 9.84 Å². The van der Waals surface area contributed by atoms with E-state index in [-0.39, 0.29) is 10.7 Å². The second kappa shape index (κ2) is 5.56. The summed E-state index contributed by atoms with van der Waals surface area (Å²) in [6, 6.07) is 2.90. The number of hydrogen-bond donors (Lipinski definition) is 2. The standard InChI is InChI=1S/C12H18N2O4S/c1-4-7-12(2,11(15)16)14-10-9(19(3,17)18)6-5-8-13-10/h5-6,8H,4,7H2,1-3H3,(H,13,14)(H,15,16). The van der Waals surface area contributed by atoms with Gasteiger partial charge in [0.25, 0.3) is 0 Å². The van der Waals surface area contributed by atoms with Crippen molar-refractivity contribution < 1.29 is 18.3 Å². The number of sulfone groups is 1. The predicted molar refractivity (Wildman–Crippen MR) is 71.9 cm³/mol. The number of anilines is 1. The Morgan fingerprint density at radius 3 is 2.63 bits per heavy atom. The van der Waals surface area contributed by atoms with E-state index in [0.717, 1.165) is 6.26 Å². The fourth-order valence-electron chi connectivity index (χ4n) is 1.77. The number of rotatable bonds is 6. The molecule has 19 heavy (non-hydrogen) atoms. The van der Waals surface area contributed by atoms with E-state index in [0.29, 0.717) is 12.8 Å². The maximum Gasteiger partial charge on any atom is 0.329 e. The van der Waals surface area contributed by atoms with Gasteiger partial charge in [-0.3, -0.25) is 0 Å². The van der Waals surface area contributed by atoms with Crippen LogP contribution in [0.5, 0.6) is 0 Å². The molecule has 1 atom stereocenters. The predicted octanol–water partition coefficient (Wildman–Crippen LogP) is 1.54. The van der Waals surface area contributed by atoms with E-state index >= 15 is 0 Å². The van der Waals surface area contributed by atoms with Crippen LogP contribution in [0.15, 0.2) is 23.2 Å². The van der Waals surface area contributed by atoms with Crippen LogP contribution in [0.25, 0.3) is 0 Å². The molecule has 1 aromatic heterocycles. The van der Waals surface area contributed by atoms with Crippen LogP contribution in [0.1, 0.15) is 26.7 Å². The quantitative estimate of drug-likeness (QED) is 0.823. The zero-order valence-electron chi connectivity index (χ0n) is 11.2. The molecule has 0 amide bonds. The van der Waals surface area contributed by atoms with Crippen molar-refractivity contribution in [1.82, 2.24) is 4.98 Å². The minimum atomic E-state index is -3.46. The third-order valence-electron chi connectivity index (χ3n) is 2.79. The molecule has 7 heteroatoms. The molecule has 0 spiro atoms. The second-order valence-electron chi connectivity index (χ2n) is 4.63. The molecule has 2 N–H and O–H groups in total. The van der Waals surface area contributed by atoms with Gasteiger partial charge in [-0.05, 0) is 25.5 Å². The summed E-state index contributed by atoms with van der Waals surface area (Å²) in [6.45, 7) is 3.37. The Kier molecular flexibility index (Phi) is 4.52. The Morgan fingerprint density at radius 2 is 2.16 bits per heavy atom. The lowest BCUT2D eigenvalue weighted by Crippen LogP contribution is -2.43. The van der Waals surface area contributed by atoms with Gasteiger partial charge in [0.1, 0.15) is 16.3 Å². The van der Waals surface area contributed by atoms with E-state index in [1.165, 1.54) is 25.3 Å². The monoisotopic (exact) mass is 286 g/mol. The number of nitrogens with one attached hydrogen (secondary N) is 1. The number of aliphatic carboxylic acids is 1. The highest BCUT2D eigenvalue weighted by atomic mass is 32.2. The summed E-state index contributed by atoms with van der Waals surface area (Å²) in [7, 11) is -3.46. The van der Waals surface area contributed by atoms with Crippen LogP contribution >= 0.6 is 0 Å². The van der Waals surface area contributed by atoms with Gasteiger partial charge < -0.3 is 10.4 Å². The van der Waals surface area contributed by atoms with E-state index in [9.17, 15) is 18.3 Å². The fourth-order valence-corrected chi connectivity index (χ4v) is 2.55. The lowest BCUT2D eigenvalue weighted by atomic mass is 9.96. The maximum absolute atomic E-state index is 11.6. The first-order valence-electron chi connectivity index (χ1n) is 5.87. The summed E-state index contributed by atoms with van der Waals surface area (Å²) < 4.78 is 23.3. The maximum atomic E-state index is 11.6. The van der Waals surface area contributed by atoms with Gasteiger partial charge in [-0.15, -0.1) is 0 Å². The second-order valence-corrected chi connectivity index (χ2v) is 6.62. The van der Waals surface area contributed by atoms with Gasteiger partial charge >= 0.3 is 5.97 Å². The summed E-state index contributed by atoms with van der Waals surface area (Å²) in [5, 5.41) is 12.0. The number of nitrogens with zero attached hydrogens (tertiary/aromatic N) is 1. The number of carboxylic acids is 1. The first kappa shape index (κ1) is 15.4. The first-order valence-corrected chi connectivity index (χ1v) is 7.76. The highest BCUT2D eigenvalue weighted by molar-refractivity contribution is 7.90. The minimum Gasteiger partial charge on any atom is -0.480 e. The Bertz CT molecular complexity index is 571. The molecular weight excluding hydrogens is 268 g/mol. The zero-order valence-corrected chi connectivity index (χ0v) is 12.0. The SMILES string of the molecule is CCCC(C)(Nc1ncccc1S(C)(=O)=O)C(=O)O. The summed E-state index contributed by atoms with van der Waals surface area (Å²) in [4.78, 5) is 15.3. The molecule has 1 heterocycles. The molecule has 1 rings (SSSR count). The number of pyridine rings is 1. The number of carboxylic acid groups (broad SMARTS) is 1. The molecule has 0 bridgehead atoms. The third kappa shape index (κ3) is 3.66. The summed E-state index contributed by atoms with van der Waals surface area (Å²) in [5.41, 5.74) is -1.25. The topological polar surface area (TPSA) is 96.4 Å². The molecule has 0 saturated heterocycles. The smallest absolute Gasteiger partial charge is 0.329 e. The van der Waals surface area contributed by atoms with Gasteiger partial charge in [0.05, 0.1) is 0 Å². The molecular formula is C12H18N2O4S. The molecule has 0 fully saturated rings. The Balaban J connectivity index is 3.22. The average molecular weight is 286 g/mol. The minimum absolute atomic E-state index is 0.00132. The van der Waals surface area contributed by atoms with Crippen molar-refractivity contribution in [1.29, 1.82) is 0 Å². The van der Waals surface area contributed by atoms with E-state index in [2.05, 4.69) is 10.3 Å². The number of aromatic nitrogens is 1. The fraction of sp³-hybridized carbons (Fsp3) is 0.500. The van der Waals surface area contributed by atoms with Gasteiger partial charge in [-0.25, -0.2) is 18.2 Å². The molecule has 1 unspecified atom stereocenters. The van der Waals surface area contributed by atoms with Gasteiger partial charge in [-0.2, -0.15) is 0 Å². The molecule has 0 aromatic carbocycles. The Hall–Kier alpha value is -1.63. The van der Waals surface area contributed by atoms with Gasteiger partial charge in [0.2, 0.25) is 0 Å². The molecule has 106 valence electrons. The van der Waals surface area contributed by atoms with Crippen molar-refractivity contribution in [2.24, 2.45) is 0 Å². The van der Waals surface area contributed by atoms with Gasteiger partial charge in [0, 0.05) is 12.5 Å². The molecule has 6 nitrogen and oxygen atoms in total.